The highest BCUT2D eigenvalue weighted by Crippen LogP contribution is 2.32. The predicted octanol–water partition coefficient (Wildman–Crippen LogP) is 3.79. The molecule has 0 aliphatic carbocycles. The lowest BCUT2D eigenvalue weighted by Gasteiger charge is -2.22. The van der Waals surface area contributed by atoms with Crippen LogP contribution >= 0.6 is 0 Å². The van der Waals surface area contributed by atoms with Gasteiger partial charge in [0.25, 0.3) is 0 Å². The molecule has 0 unspecified atom stereocenters. The highest BCUT2D eigenvalue weighted by atomic mass is 19.3. The first-order chi connectivity index (χ1) is 5.83. The highest BCUT2D eigenvalue weighted by molar-refractivity contribution is 4.58. The van der Waals surface area contributed by atoms with E-state index in [0.29, 0.717) is 0 Å². The molecule has 0 aromatic heterocycles. The van der Waals surface area contributed by atoms with Gasteiger partial charge in [-0.15, -0.1) is 0 Å². The first kappa shape index (κ1) is 12.7. The predicted molar refractivity (Wildman–Crippen MR) is 40.8 cm³/mol. The Balaban J connectivity index is 4.07. The Morgan fingerprint density at radius 1 is 0.846 bits per heavy atom. The van der Waals surface area contributed by atoms with Crippen LogP contribution in [0.5, 0.6) is 0 Å². The molecule has 0 aliphatic heterocycles. The molecule has 0 amide bonds. The lowest BCUT2D eigenvalue weighted by atomic mass is 10.3. The van der Waals surface area contributed by atoms with Crippen LogP contribution in [0.3, 0.4) is 0 Å². The largest absolute Gasteiger partial charge is 0.360 e. The molecule has 13 heavy (non-hydrogen) atoms. The maximum Gasteiger partial charge on any atom is 0.360 e. The van der Waals surface area contributed by atoms with Crippen LogP contribution in [0.25, 0.3) is 0 Å². The Labute approximate surface area is 75.1 Å². The Morgan fingerprint density at radius 2 is 1.15 bits per heavy atom. The van der Waals surface area contributed by atoms with Crippen LogP contribution < -0.4 is 0 Å². The van der Waals surface area contributed by atoms with Crippen molar-refractivity contribution in [2.24, 2.45) is 0 Å². The first-order valence-corrected chi connectivity index (χ1v) is 4.29. The van der Waals surface area contributed by atoms with Crippen LogP contribution in [0.4, 0.5) is 17.6 Å². The number of hydrogen-bond donors (Lipinski definition) is 0. The van der Waals surface area contributed by atoms with Gasteiger partial charge in [0, 0.05) is 12.8 Å². The van der Waals surface area contributed by atoms with Gasteiger partial charge in [-0.25, -0.2) is 0 Å². The molecule has 0 radical (unpaired) electrons. The summed E-state index contributed by atoms with van der Waals surface area (Å²) in [6.07, 6.45) is -8.57. The summed E-state index contributed by atoms with van der Waals surface area (Å²) in [7, 11) is 0. The van der Waals surface area contributed by atoms with Crippen molar-refractivity contribution in [1.29, 1.82) is 0 Å². The summed E-state index contributed by atoms with van der Waals surface area (Å²) in [6.45, 7) is 2.96. The molecule has 0 bridgehead atoms. The fourth-order valence-electron chi connectivity index (χ4n) is 0.903. The van der Waals surface area contributed by atoms with Gasteiger partial charge in [-0.1, -0.05) is 13.8 Å². The number of halogens is 4. The van der Waals surface area contributed by atoms with E-state index < -0.39 is 25.1 Å². The lowest BCUT2D eigenvalue weighted by Crippen LogP contribution is -2.32. The molecule has 5 heteroatoms. The smallest absolute Gasteiger partial charge is 0.255 e. The summed E-state index contributed by atoms with van der Waals surface area (Å²) < 4.78 is 53.6. The second-order valence-corrected chi connectivity index (χ2v) is 2.88. The average molecular weight is 202 g/mol. The third kappa shape index (κ3) is 5.85. The summed E-state index contributed by atoms with van der Waals surface area (Å²) in [5, 5.41) is 0. The summed E-state index contributed by atoms with van der Waals surface area (Å²) in [6, 6.07) is 0. The van der Waals surface area contributed by atoms with Gasteiger partial charge in [-0.2, -0.15) is 17.6 Å². The average Bonchev–Trinajstić information content (AvgIpc) is 1.82. The Bertz CT molecular complexity index is 131. The van der Waals surface area contributed by atoms with E-state index in [1.807, 2.05) is 0 Å². The standard InChI is InChI=1S/C8H14F4O/c1-3-5-7(9,10)13-8(11,12)6-4-2/h3-6H2,1-2H3. The summed E-state index contributed by atoms with van der Waals surface area (Å²) >= 11 is 0. The number of alkyl halides is 4. The summed E-state index contributed by atoms with van der Waals surface area (Å²) in [4.78, 5) is 0. The minimum Gasteiger partial charge on any atom is -0.255 e. The monoisotopic (exact) mass is 202 g/mol. The fraction of sp³-hybridized carbons (Fsp3) is 1.00. The Hall–Kier alpha value is -0.320. The lowest BCUT2D eigenvalue weighted by molar-refractivity contribution is -0.378. The van der Waals surface area contributed by atoms with Gasteiger partial charge in [0.15, 0.2) is 0 Å². The van der Waals surface area contributed by atoms with E-state index in [9.17, 15) is 17.6 Å². The van der Waals surface area contributed by atoms with Gasteiger partial charge >= 0.3 is 12.2 Å². The molecule has 0 aliphatic rings. The van der Waals surface area contributed by atoms with Crippen molar-refractivity contribution < 1.29 is 22.3 Å². The minimum atomic E-state index is -3.71. The number of hydrogen-bond acceptors (Lipinski definition) is 1. The molecular formula is C8H14F4O. The van der Waals surface area contributed by atoms with Gasteiger partial charge < -0.3 is 0 Å². The van der Waals surface area contributed by atoms with E-state index in [-0.39, 0.29) is 12.8 Å². The molecule has 0 fully saturated rings. The first-order valence-electron chi connectivity index (χ1n) is 4.29. The van der Waals surface area contributed by atoms with Crippen molar-refractivity contribution in [1.82, 2.24) is 0 Å². The SMILES string of the molecule is CCCC(F)(F)OC(F)(F)CCC. The third-order valence-corrected chi connectivity index (χ3v) is 1.38. The number of ether oxygens (including phenoxy) is 1. The molecule has 80 valence electrons. The molecule has 1 nitrogen and oxygen atoms in total. The Morgan fingerprint density at radius 3 is 1.38 bits per heavy atom. The zero-order valence-corrected chi connectivity index (χ0v) is 7.75. The van der Waals surface area contributed by atoms with E-state index in [1.165, 1.54) is 13.8 Å². The molecule has 0 aromatic rings. The van der Waals surface area contributed by atoms with Crippen molar-refractivity contribution in [3.63, 3.8) is 0 Å². The molecule has 0 saturated heterocycles. The normalized spacial score (nSPS) is 13.4. The molecule has 0 rings (SSSR count). The van der Waals surface area contributed by atoms with Crippen LogP contribution in [0.1, 0.15) is 39.5 Å². The van der Waals surface area contributed by atoms with Gasteiger partial charge in [-0.3, -0.25) is 4.74 Å². The third-order valence-electron chi connectivity index (χ3n) is 1.38. The summed E-state index contributed by atoms with van der Waals surface area (Å²) in [5.74, 6) is 0. The molecule has 0 N–H and O–H groups in total. The minimum absolute atomic E-state index is 0.106. The Kier molecular flexibility index (Phi) is 4.67. The van der Waals surface area contributed by atoms with Crippen LogP contribution in [0.2, 0.25) is 0 Å². The summed E-state index contributed by atoms with van der Waals surface area (Å²) in [5.41, 5.74) is 0. The fourth-order valence-corrected chi connectivity index (χ4v) is 0.903. The topological polar surface area (TPSA) is 9.23 Å². The second kappa shape index (κ2) is 4.79. The molecular weight excluding hydrogens is 188 g/mol. The van der Waals surface area contributed by atoms with Gasteiger partial charge in [0.1, 0.15) is 0 Å². The number of rotatable bonds is 6. The van der Waals surface area contributed by atoms with Crippen molar-refractivity contribution in [2.75, 3.05) is 0 Å². The van der Waals surface area contributed by atoms with Gasteiger partial charge in [0.05, 0.1) is 0 Å². The van der Waals surface area contributed by atoms with Crippen molar-refractivity contribution in [2.45, 2.75) is 51.7 Å². The second-order valence-electron chi connectivity index (χ2n) is 2.88. The van der Waals surface area contributed by atoms with Crippen LogP contribution in [0, 0.1) is 0 Å². The van der Waals surface area contributed by atoms with E-state index in [1.54, 1.807) is 0 Å². The maximum atomic E-state index is 12.5. The van der Waals surface area contributed by atoms with Crippen LogP contribution in [-0.2, 0) is 4.74 Å². The quantitative estimate of drug-likeness (QED) is 0.595. The van der Waals surface area contributed by atoms with Crippen LogP contribution in [-0.4, -0.2) is 12.2 Å². The molecule has 0 atom stereocenters. The van der Waals surface area contributed by atoms with Gasteiger partial charge in [0.2, 0.25) is 0 Å². The highest BCUT2D eigenvalue weighted by Gasteiger charge is 2.42. The van der Waals surface area contributed by atoms with E-state index >= 15 is 0 Å². The maximum absolute atomic E-state index is 12.5. The molecule has 0 spiro atoms. The molecule has 0 aromatic carbocycles. The van der Waals surface area contributed by atoms with Crippen molar-refractivity contribution in [3.8, 4) is 0 Å². The van der Waals surface area contributed by atoms with Crippen LogP contribution in [0.15, 0.2) is 0 Å². The van der Waals surface area contributed by atoms with Crippen molar-refractivity contribution in [3.05, 3.63) is 0 Å². The van der Waals surface area contributed by atoms with E-state index in [4.69, 9.17) is 0 Å². The zero-order valence-electron chi connectivity index (χ0n) is 7.75. The molecule has 0 saturated carbocycles. The van der Waals surface area contributed by atoms with Crippen molar-refractivity contribution >= 4 is 0 Å². The van der Waals surface area contributed by atoms with Gasteiger partial charge in [-0.05, 0) is 12.8 Å². The van der Waals surface area contributed by atoms with E-state index in [2.05, 4.69) is 4.74 Å². The zero-order chi connectivity index (χ0) is 10.5. The molecule has 0 heterocycles. The van der Waals surface area contributed by atoms with E-state index in [0.717, 1.165) is 0 Å².